The second kappa shape index (κ2) is 32.5. The van der Waals surface area contributed by atoms with Gasteiger partial charge in [0.2, 0.25) is 0 Å². The first-order valence-corrected chi connectivity index (χ1v) is 28.3. The molecule has 2 aliphatic rings. The Kier molecular flexibility index (Phi) is 28.7. The average molecular weight is 1040 g/mol. The third-order valence-electron chi connectivity index (χ3n) is 13.0. The van der Waals surface area contributed by atoms with Gasteiger partial charge in [0.1, 0.15) is 30.9 Å². The molecule has 2 aliphatic heterocycles. The van der Waals surface area contributed by atoms with Gasteiger partial charge in [0, 0.05) is 37.3 Å². The van der Waals surface area contributed by atoms with Crippen molar-refractivity contribution in [3.05, 3.63) is 34.9 Å². The molecule has 2 fully saturated rings. The van der Waals surface area contributed by atoms with Crippen molar-refractivity contribution in [3.63, 3.8) is 0 Å². The molecule has 3 unspecified atom stereocenters. The normalized spacial score (nSPS) is 31.6. The Balaban J connectivity index is 1.86. The summed E-state index contributed by atoms with van der Waals surface area (Å²) in [5.74, 6) is -3.24. The summed E-state index contributed by atoms with van der Waals surface area (Å²) in [5.41, 5.74) is 4.81. The lowest BCUT2D eigenvalue weighted by molar-refractivity contribution is -0.195. The summed E-state index contributed by atoms with van der Waals surface area (Å²) in [4.78, 5) is 64.2. The molecule has 2 bridgehead atoms. The number of anilines is 1. The number of hydrogen-bond acceptors (Lipinski definition) is 18. The summed E-state index contributed by atoms with van der Waals surface area (Å²) in [6, 6.07) is 1.26. The second-order valence-electron chi connectivity index (χ2n) is 18.9. The van der Waals surface area contributed by atoms with Crippen LogP contribution in [0, 0.1) is 17.8 Å². The molecule has 0 radical (unpaired) electrons. The van der Waals surface area contributed by atoms with Crippen LogP contribution in [0.15, 0.2) is 29.2 Å². The van der Waals surface area contributed by atoms with Crippen LogP contribution in [0.25, 0.3) is 0 Å². The lowest BCUT2D eigenvalue weighted by Crippen LogP contribution is -2.52. The lowest BCUT2D eigenvalue weighted by Gasteiger charge is -2.41. The van der Waals surface area contributed by atoms with Crippen molar-refractivity contribution >= 4 is 33.4 Å². The van der Waals surface area contributed by atoms with Gasteiger partial charge in [0.25, 0.3) is 0 Å². The summed E-state index contributed by atoms with van der Waals surface area (Å²) >= 11 is 0. The second-order valence-corrected chi connectivity index (χ2v) is 21.9. The molecule has 9 N–H and O–H groups in total. The minimum absolute atomic E-state index is 0.00925. The maximum absolute atomic E-state index is 13.4. The van der Waals surface area contributed by atoms with Gasteiger partial charge in [-0.05, 0) is 37.7 Å². The Hall–Kier alpha value is -2.62. The number of esters is 2. The molecule has 13 atom stereocenters. The van der Waals surface area contributed by atoms with E-state index < -0.39 is 120 Å². The van der Waals surface area contributed by atoms with Crippen LogP contribution in [-0.4, -0.2) is 119 Å². The van der Waals surface area contributed by atoms with Crippen LogP contribution in [0.2, 0.25) is 0 Å². The van der Waals surface area contributed by atoms with Gasteiger partial charge in [-0.1, -0.05) is 129 Å². The summed E-state index contributed by atoms with van der Waals surface area (Å²) in [6.07, 6.45) is 5.25. The third kappa shape index (κ3) is 23.5. The first kappa shape index (κ1) is 61.7. The average Bonchev–Trinajstić information content (AvgIpc) is 3.29. The molecule has 404 valence electrons. The van der Waals surface area contributed by atoms with Crippen LogP contribution in [-0.2, 0) is 46.3 Å². The number of rotatable bonds is 20. The SMILES string of the molecule is CCCCC[C@H](O)/C=C/[C@@H]1[C@H](O)[C@H](O)[C@H]2COP(=O)(O)OP(=O)(O)OC[C@H](OC(=O)CCCCCCCCCCC(C)CC)COC(=O)CCCCCC[C@H]([C@H](n3ccc(N)nc3=O)O2)[C@@H](O)C[C@H]1O. The van der Waals surface area contributed by atoms with Gasteiger partial charge >= 0.3 is 33.3 Å². The number of carbonyl (C=O) groups excluding carboxylic acids is 2. The molecule has 70 heavy (non-hydrogen) atoms. The summed E-state index contributed by atoms with van der Waals surface area (Å²) < 4.78 is 59.1. The Labute approximate surface area is 412 Å². The van der Waals surface area contributed by atoms with Gasteiger partial charge in [0.15, 0.2) is 6.10 Å². The highest BCUT2D eigenvalue weighted by molar-refractivity contribution is 7.61. The fraction of sp³-hybridized carbons (Fsp3) is 0.830. The van der Waals surface area contributed by atoms with Gasteiger partial charge in [-0.15, -0.1) is 0 Å². The van der Waals surface area contributed by atoms with E-state index in [0.29, 0.717) is 44.9 Å². The van der Waals surface area contributed by atoms with E-state index in [1.807, 2.05) is 6.92 Å². The zero-order valence-corrected chi connectivity index (χ0v) is 43.1. The fourth-order valence-corrected chi connectivity index (χ4v) is 10.6. The molecule has 1 aromatic heterocycles. The number of carbonyl (C=O) groups is 2. The fourth-order valence-electron chi connectivity index (χ4n) is 8.54. The highest BCUT2D eigenvalue weighted by atomic mass is 31.3. The number of phosphoric acid groups is 2. The Bertz CT molecular complexity index is 1860. The monoisotopic (exact) mass is 1040 g/mol. The number of ether oxygens (including phenoxy) is 3. The van der Waals surface area contributed by atoms with E-state index in [9.17, 15) is 58.8 Å². The molecule has 3 heterocycles. The van der Waals surface area contributed by atoms with Crippen molar-refractivity contribution < 1.29 is 81.6 Å². The smallest absolute Gasteiger partial charge is 0.462 e. The Morgan fingerprint density at radius 1 is 0.871 bits per heavy atom. The van der Waals surface area contributed by atoms with Crippen molar-refractivity contribution in [2.45, 2.75) is 211 Å². The molecule has 0 saturated carbocycles. The van der Waals surface area contributed by atoms with E-state index >= 15 is 0 Å². The van der Waals surface area contributed by atoms with Gasteiger partial charge in [0.05, 0.1) is 37.6 Å². The number of cyclic esters (lactones) is 1. The molecule has 2 saturated heterocycles. The molecule has 0 amide bonds. The van der Waals surface area contributed by atoms with Crippen molar-refractivity contribution in [2.24, 2.45) is 17.8 Å². The molecule has 3 rings (SSSR count). The number of hydrogen-bond donors (Lipinski definition) is 8. The molecular formula is C47H83N3O18P2. The molecule has 0 aliphatic carbocycles. The lowest BCUT2D eigenvalue weighted by atomic mass is 9.82. The van der Waals surface area contributed by atoms with Crippen molar-refractivity contribution in [1.29, 1.82) is 0 Å². The van der Waals surface area contributed by atoms with E-state index in [0.717, 1.165) is 55.4 Å². The maximum atomic E-state index is 13.4. The van der Waals surface area contributed by atoms with E-state index in [1.165, 1.54) is 50.1 Å². The van der Waals surface area contributed by atoms with Crippen LogP contribution < -0.4 is 11.4 Å². The number of aliphatic hydroxyl groups is 5. The van der Waals surface area contributed by atoms with Crippen LogP contribution in [0.4, 0.5) is 5.82 Å². The molecule has 21 nitrogen and oxygen atoms in total. The predicted molar refractivity (Wildman–Crippen MR) is 259 cm³/mol. The van der Waals surface area contributed by atoms with Crippen LogP contribution in [0.5, 0.6) is 0 Å². The summed E-state index contributed by atoms with van der Waals surface area (Å²) in [5, 5.41) is 57.5. The molecule has 0 aromatic carbocycles. The maximum Gasteiger partial charge on any atom is 0.481 e. The highest BCUT2D eigenvalue weighted by Crippen LogP contribution is 2.60. The first-order chi connectivity index (χ1) is 33.3. The first-order valence-electron chi connectivity index (χ1n) is 25.4. The zero-order chi connectivity index (χ0) is 51.7. The number of phosphoric ester groups is 2. The van der Waals surface area contributed by atoms with E-state index in [2.05, 4.69) is 23.1 Å². The number of aliphatic hydroxyl groups excluding tert-OH is 5. The highest BCUT2D eigenvalue weighted by Gasteiger charge is 2.45. The van der Waals surface area contributed by atoms with E-state index in [-0.39, 0.29) is 25.1 Å². The van der Waals surface area contributed by atoms with Crippen LogP contribution in [0.1, 0.15) is 168 Å². The van der Waals surface area contributed by atoms with E-state index in [1.54, 1.807) is 0 Å². The van der Waals surface area contributed by atoms with E-state index in [4.69, 9.17) is 29.0 Å². The number of nitrogen functional groups attached to an aromatic ring is 1. The zero-order valence-electron chi connectivity index (χ0n) is 41.3. The van der Waals surface area contributed by atoms with Gasteiger partial charge < -0.3 is 55.3 Å². The molecule has 23 heteroatoms. The minimum Gasteiger partial charge on any atom is -0.462 e. The van der Waals surface area contributed by atoms with Gasteiger partial charge in [-0.2, -0.15) is 9.29 Å². The number of nitrogens with two attached hydrogens (primary N) is 1. The molecule has 0 spiro atoms. The third-order valence-corrected chi connectivity index (χ3v) is 15.6. The minimum atomic E-state index is -5.69. The number of unbranched alkanes of at least 4 members (excludes halogenated alkanes) is 9. The number of aromatic nitrogens is 2. The molecule has 1 aromatic rings. The molecular weight excluding hydrogens is 956 g/mol. The quantitative estimate of drug-likeness (QED) is 0.0308. The standard InChI is InChI=1S/C47H83N3O18P2/c1-4-6-15-21-34(51)25-26-36-38(52)29-39(53)37-22-17-13-14-18-23-42(54)63-30-35(66-43(55)24-19-12-10-8-7-9-11-16-20-33(3)5-2)31-64-69(59,60)68-70(61,62)65-32-40(45(57)44(36)56)67-46(37)50-28-27-41(48)49-47(50)58/h25-28,33-40,44-46,51-53,56-57H,4-24,29-32H2,1-3H3,(H,59,60)(H,61,62)(H2,48,49,58)/b26-25+/t33?,34-,35+,36-,37-,38+,39-,40+,44-,45+,46+/m0/s1. The summed E-state index contributed by atoms with van der Waals surface area (Å²) in [6.45, 7) is 3.80. The Morgan fingerprint density at radius 3 is 2.19 bits per heavy atom. The summed E-state index contributed by atoms with van der Waals surface area (Å²) in [7, 11) is -11.3. The van der Waals surface area contributed by atoms with Gasteiger partial charge in [-0.25, -0.2) is 13.9 Å². The van der Waals surface area contributed by atoms with Crippen molar-refractivity contribution in [2.75, 3.05) is 25.6 Å². The van der Waals surface area contributed by atoms with Crippen molar-refractivity contribution in [1.82, 2.24) is 9.55 Å². The predicted octanol–water partition coefficient (Wildman–Crippen LogP) is 6.29. The largest absolute Gasteiger partial charge is 0.481 e. The topological polar surface area (TPSA) is 326 Å². The van der Waals surface area contributed by atoms with Crippen LogP contribution >= 0.6 is 15.6 Å². The number of fused-ring (bicyclic) bond motifs is 3. The van der Waals surface area contributed by atoms with Gasteiger partial charge in [-0.3, -0.25) is 23.2 Å². The Morgan fingerprint density at radius 2 is 1.51 bits per heavy atom. The van der Waals surface area contributed by atoms with Crippen molar-refractivity contribution in [3.8, 4) is 0 Å². The van der Waals surface area contributed by atoms with Crippen LogP contribution in [0.3, 0.4) is 0 Å². The number of nitrogens with zero attached hydrogens (tertiary/aromatic N) is 2.